The zero-order chi connectivity index (χ0) is 16.1. The summed E-state index contributed by atoms with van der Waals surface area (Å²) in [7, 11) is 0. The van der Waals surface area contributed by atoms with Gasteiger partial charge in [-0.3, -0.25) is 10.1 Å². The predicted octanol–water partition coefficient (Wildman–Crippen LogP) is 4.12. The summed E-state index contributed by atoms with van der Waals surface area (Å²) >= 11 is 1.39. The Hall–Kier alpha value is -2.21. The number of ketones is 1. The summed E-state index contributed by atoms with van der Waals surface area (Å²) in [5, 5.41) is 5.15. The molecule has 0 atom stereocenters. The second-order valence-corrected chi connectivity index (χ2v) is 6.44. The van der Waals surface area contributed by atoms with Gasteiger partial charge in [0.2, 0.25) is 0 Å². The van der Waals surface area contributed by atoms with E-state index < -0.39 is 6.09 Å². The van der Waals surface area contributed by atoms with Gasteiger partial charge in [-0.05, 0) is 18.4 Å². The van der Waals surface area contributed by atoms with Crippen LogP contribution in [-0.4, -0.2) is 16.9 Å². The van der Waals surface area contributed by atoms with Crippen LogP contribution in [0.3, 0.4) is 0 Å². The average Bonchev–Trinajstić information content (AvgIpc) is 3.03. The summed E-state index contributed by atoms with van der Waals surface area (Å²) in [4.78, 5) is 27.5. The topological polar surface area (TPSA) is 68.3 Å². The van der Waals surface area contributed by atoms with Crippen LogP contribution in [0, 0.1) is 0 Å². The van der Waals surface area contributed by atoms with Crippen LogP contribution in [0.1, 0.15) is 42.9 Å². The van der Waals surface area contributed by atoms with E-state index in [1.807, 2.05) is 35.7 Å². The first kappa shape index (κ1) is 15.7. The van der Waals surface area contributed by atoms with Gasteiger partial charge in [0.1, 0.15) is 12.4 Å². The number of anilines is 1. The van der Waals surface area contributed by atoms with Gasteiger partial charge >= 0.3 is 6.09 Å². The number of hydrogen-bond acceptors (Lipinski definition) is 5. The first-order valence-corrected chi connectivity index (χ1v) is 8.53. The van der Waals surface area contributed by atoms with Gasteiger partial charge in [-0.2, -0.15) is 0 Å². The first-order valence-electron chi connectivity index (χ1n) is 7.65. The van der Waals surface area contributed by atoms with Gasteiger partial charge in [0, 0.05) is 24.1 Å². The van der Waals surface area contributed by atoms with Crippen LogP contribution in [0.5, 0.6) is 0 Å². The van der Waals surface area contributed by atoms with Crippen LogP contribution in [0.2, 0.25) is 0 Å². The lowest BCUT2D eigenvalue weighted by molar-refractivity contribution is -0.120. The number of amides is 1. The molecule has 0 unspecified atom stereocenters. The Balaban J connectivity index is 1.50. The van der Waals surface area contributed by atoms with Crippen molar-refractivity contribution in [3.8, 4) is 0 Å². The molecule has 5 nitrogen and oxygen atoms in total. The molecule has 2 aromatic rings. The normalized spacial score (nSPS) is 15.4. The Labute approximate surface area is 138 Å². The number of carbonyl (C=O) groups excluding carboxylic acids is 2. The minimum absolute atomic E-state index is 0.232. The predicted molar refractivity (Wildman–Crippen MR) is 88.6 cm³/mol. The summed E-state index contributed by atoms with van der Waals surface area (Å²) in [5.41, 5.74) is 1.90. The molecule has 0 bridgehead atoms. The van der Waals surface area contributed by atoms with E-state index in [0.29, 0.717) is 29.7 Å². The molecule has 1 saturated carbocycles. The minimum atomic E-state index is -0.506. The number of benzene rings is 1. The molecule has 0 aliphatic heterocycles. The molecule has 3 rings (SSSR count). The third-order valence-electron chi connectivity index (χ3n) is 3.91. The van der Waals surface area contributed by atoms with Gasteiger partial charge in [0.05, 0.1) is 5.69 Å². The molecule has 1 aromatic heterocycles. The highest BCUT2D eigenvalue weighted by atomic mass is 32.1. The maximum Gasteiger partial charge on any atom is 0.413 e. The number of Topliss-reactive ketones (excluding diaryl/α,β-unsaturated/α-hetero) is 1. The lowest BCUT2D eigenvalue weighted by Gasteiger charge is -2.18. The third-order valence-corrected chi connectivity index (χ3v) is 4.68. The number of aromatic nitrogens is 1. The molecular weight excluding hydrogens is 312 g/mol. The Bertz CT molecular complexity index is 674. The van der Waals surface area contributed by atoms with E-state index in [2.05, 4.69) is 10.3 Å². The molecule has 1 amide bonds. The highest BCUT2D eigenvalue weighted by Crippen LogP contribution is 2.32. The maximum atomic E-state index is 11.8. The Kier molecular flexibility index (Phi) is 5.02. The van der Waals surface area contributed by atoms with Crippen LogP contribution in [0.25, 0.3) is 0 Å². The zero-order valence-corrected chi connectivity index (χ0v) is 13.5. The van der Waals surface area contributed by atoms with E-state index in [9.17, 15) is 9.59 Å². The second kappa shape index (κ2) is 7.37. The molecule has 1 aliphatic carbocycles. The quantitative estimate of drug-likeness (QED) is 0.915. The molecule has 0 spiro atoms. The van der Waals surface area contributed by atoms with Crippen LogP contribution in [0.4, 0.5) is 9.93 Å². The van der Waals surface area contributed by atoms with Crippen molar-refractivity contribution in [2.24, 2.45) is 0 Å². The summed E-state index contributed by atoms with van der Waals surface area (Å²) < 4.78 is 5.17. The van der Waals surface area contributed by atoms with Crippen LogP contribution < -0.4 is 5.32 Å². The van der Waals surface area contributed by atoms with Crippen molar-refractivity contribution >= 4 is 28.3 Å². The zero-order valence-electron chi connectivity index (χ0n) is 12.7. The molecule has 1 heterocycles. The summed E-state index contributed by atoms with van der Waals surface area (Å²) in [5.74, 6) is 0.652. The van der Waals surface area contributed by atoms with E-state index in [0.717, 1.165) is 24.1 Å². The first-order chi connectivity index (χ1) is 11.2. The van der Waals surface area contributed by atoms with Crippen molar-refractivity contribution in [2.45, 2.75) is 38.2 Å². The van der Waals surface area contributed by atoms with E-state index in [1.165, 1.54) is 11.3 Å². The summed E-state index contributed by atoms with van der Waals surface area (Å²) in [6.07, 6.45) is 2.45. The van der Waals surface area contributed by atoms with E-state index in [-0.39, 0.29) is 6.61 Å². The number of hydrogen-bond donors (Lipinski definition) is 1. The van der Waals surface area contributed by atoms with Gasteiger partial charge < -0.3 is 4.74 Å². The Morgan fingerprint density at radius 2 is 2.00 bits per heavy atom. The number of carbonyl (C=O) groups is 2. The molecule has 120 valence electrons. The molecular formula is C17H18N2O3S. The number of nitrogens with zero attached hydrogens (tertiary/aromatic N) is 1. The average molecular weight is 330 g/mol. The lowest BCUT2D eigenvalue weighted by Crippen LogP contribution is -2.14. The summed E-state index contributed by atoms with van der Waals surface area (Å²) in [6.45, 7) is 0.232. The fraction of sp³-hybridized carbons (Fsp3) is 0.353. The lowest BCUT2D eigenvalue weighted by atomic mass is 9.87. The summed E-state index contributed by atoms with van der Waals surface area (Å²) in [6, 6.07) is 9.52. The maximum absolute atomic E-state index is 11.8. The van der Waals surface area contributed by atoms with Gasteiger partial charge in [-0.1, -0.05) is 30.3 Å². The van der Waals surface area contributed by atoms with E-state index in [1.54, 1.807) is 0 Å². The fourth-order valence-electron chi connectivity index (χ4n) is 2.61. The SMILES string of the molecule is O=C1CCC(c2csc(NC(=O)OCc3ccccc3)n2)CC1. The van der Waals surface area contributed by atoms with Crippen molar-refractivity contribution in [1.29, 1.82) is 0 Å². The van der Waals surface area contributed by atoms with Crippen molar-refractivity contribution in [1.82, 2.24) is 4.98 Å². The van der Waals surface area contributed by atoms with E-state index in [4.69, 9.17) is 4.74 Å². The molecule has 1 aliphatic rings. The van der Waals surface area contributed by atoms with Gasteiger partial charge in [0.15, 0.2) is 5.13 Å². The largest absolute Gasteiger partial charge is 0.444 e. The van der Waals surface area contributed by atoms with Crippen molar-refractivity contribution < 1.29 is 14.3 Å². The highest BCUT2D eigenvalue weighted by molar-refractivity contribution is 7.13. The monoisotopic (exact) mass is 330 g/mol. The van der Waals surface area contributed by atoms with Crippen molar-refractivity contribution in [3.63, 3.8) is 0 Å². The molecule has 6 heteroatoms. The standard InChI is InChI=1S/C17H18N2O3S/c20-14-8-6-13(7-9-14)15-11-23-16(18-15)19-17(21)22-10-12-4-2-1-3-5-12/h1-5,11,13H,6-10H2,(H,18,19,21). The molecule has 23 heavy (non-hydrogen) atoms. The third kappa shape index (κ3) is 4.39. The van der Waals surface area contributed by atoms with Gasteiger partial charge in [0.25, 0.3) is 0 Å². The van der Waals surface area contributed by atoms with Crippen LogP contribution in [-0.2, 0) is 16.1 Å². The Morgan fingerprint density at radius 3 is 2.74 bits per heavy atom. The molecule has 0 saturated heterocycles. The van der Waals surface area contributed by atoms with E-state index >= 15 is 0 Å². The highest BCUT2D eigenvalue weighted by Gasteiger charge is 2.22. The minimum Gasteiger partial charge on any atom is -0.444 e. The van der Waals surface area contributed by atoms with Crippen LogP contribution in [0.15, 0.2) is 35.7 Å². The second-order valence-electron chi connectivity index (χ2n) is 5.58. The van der Waals surface area contributed by atoms with Gasteiger partial charge in [-0.15, -0.1) is 11.3 Å². The molecule has 1 fully saturated rings. The van der Waals surface area contributed by atoms with Crippen LogP contribution >= 0.6 is 11.3 Å². The van der Waals surface area contributed by atoms with Crippen molar-refractivity contribution in [2.75, 3.05) is 5.32 Å². The van der Waals surface area contributed by atoms with Crippen molar-refractivity contribution in [3.05, 3.63) is 47.0 Å². The Morgan fingerprint density at radius 1 is 1.26 bits per heavy atom. The molecule has 0 radical (unpaired) electrons. The number of rotatable bonds is 4. The smallest absolute Gasteiger partial charge is 0.413 e. The molecule has 1 N–H and O–H groups in total. The molecule has 1 aromatic carbocycles. The fourth-order valence-corrected chi connectivity index (χ4v) is 3.39. The van der Waals surface area contributed by atoms with Gasteiger partial charge in [-0.25, -0.2) is 9.78 Å². The number of ether oxygens (including phenoxy) is 1. The number of thiazole rings is 1. The number of nitrogens with one attached hydrogen (secondary N) is 1.